The molecule has 0 amide bonds. The van der Waals surface area contributed by atoms with Crippen molar-refractivity contribution in [3.8, 4) is 11.5 Å². The monoisotopic (exact) mass is 383 g/mol. The number of nitrogens with zero attached hydrogens (tertiary/aromatic N) is 2. The standard InChI is InChI=1S/C21H25N3O4/c1-14(12-22-13-15-4-6-17(7-5-15)24(25)26)21-18-11-20(28-3)19(27-2)10-16(18)8-9-23-21/h4-7,10-11,13-14,21,23H,8-9,12H2,1-3H3/t14-,21-/m1/s1. The van der Waals surface area contributed by atoms with E-state index in [9.17, 15) is 10.1 Å². The maximum atomic E-state index is 10.7. The van der Waals surface area contributed by atoms with Crippen LogP contribution in [-0.4, -0.2) is 38.4 Å². The van der Waals surface area contributed by atoms with Gasteiger partial charge in [0.2, 0.25) is 0 Å². The fourth-order valence-electron chi connectivity index (χ4n) is 3.53. The van der Waals surface area contributed by atoms with Crippen molar-refractivity contribution < 1.29 is 14.4 Å². The van der Waals surface area contributed by atoms with Crippen LogP contribution in [0.4, 0.5) is 5.69 Å². The Hall–Kier alpha value is -2.93. The van der Waals surface area contributed by atoms with E-state index < -0.39 is 4.92 Å². The molecule has 2 aromatic rings. The molecule has 2 atom stereocenters. The van der Waals surface area contributed by atoms with Crippen LogP contribution in [-0.2, 0) is 6.42 Å². The molecule has 0 saturated carbocycles. The summed E-state index contributed by atoms with van der Waals surface area (Å²) < 4.78 is 10.9. The fourth-order valence-corrected chi connectivity index (χ4v) is 3.53. The van der Waals surface area contributed by atoms with Crippen LogP contribution in [0.1, 0.15) is 29.7 Å². The van der Waals surface area contributed by atoms with Crippen molar-refractivity contribution in [3.63, 3.8) is 0 Å². The highest BCUT2D eigenvalue weighted by molar-refractivity contribution is 5.79. The third-order valence-electron chi connectivity index (χ3n) is 5.05. The number of nitrogens with one attached hydrogen (secondary N) is 1. The SMILES string of the molecule is COc1cc2c(cc1OC)[C@@H]([C@H](C)CN=Cc1ccc([N+](=O)[O-])cc1)NCC2. The number of non-ortho nitro benzene ring substituents is 1. The predicted octanol–water partition coefficient (Wildman–Crippen LogP) is 3.55. The third-order valence-corrected chi connectivity index (χ3v) is 5.05. The van der Waals surface area contributed by atoms with Crippen LogP contribution in [0.15, 0.2) is 41.4 Å². The van der Waals surface area contributed by atoms with Crippen LogP contribution >= 0.6 is 0 Å². The minimum atomic E-state index is -0.404. The van der Waals surface area contributed by atoms with Gasteiger partial charge in [0.1, 0.15) is 0 Å². The van der Waals surface area contributed by atoms with Gasteiger partial charge in [-0.25, -0.2) is 0 Å². The molecule has 7 nitrogen and oxygen atoms in total. The minimum absolute atomic E-state index is 0.0814. The summed E-state index contributed by atoms with van der Waals surface area (Å²) >= 11 is 0. The lowest BCUT2D eigenvalue weighted by Gasteiger charge is -2.31. The molecule has 0 fully saturated rings. The average molecular weight is 383 g/mol. The van der Waals surface area contributed by atoms with Gasteiger partial charge in [-0.2, -0.15) is 0 Å². The molecule has 1 aliphatic rings. The Morgan fingerprint density at radius 3 is 2.57 bits per heavy atom. The van der Waals surface area contributed by atoms with Crippen LogP contribution in [0.2, 0.25) is 0 Å². The van der Waals surface area contributed by atoms with Gasteiger partial charge in [0.05, 0.1) is 19.1 Å². The zero-order valence-electron chi connectivity index (χ0n) is 16.3. The topological polar surface area (TPSA) is 86.0 Å². The highest BCUT2D eigenvalue weighted by atomic mass is 16.6. The molecule has 0 spiro atoms. The van der Waals surface area contributed by atoms with Crippen molar-refractivity contribution in [2.24, 2.45) is 10.9 Å². The molecular formula is C21H25N3O4. The Kier molecular flexibility index (Phi) is 6.26. The Labute approximate surface area is 164 Å². The molecule has 1 N–H and O–H groups in total. The van der Waals surface area contributed by atoms with Crippen molar-refractivity contribution in [1.29, 1.82) is 0 Å². The van der Waals surface area contributed by atoms with Gasteiger partial charge < -0.3 is 14.8 Å². The first-order valence-corrected chi connectivity index (χ1v) is 9.26. The number of methoxy groups -OCH3 is 2. The van der Waals surface area contributed by atoms with Crippen molar-refractivity contribution in [3.05, 3.63) is 63.2 Å². The molecule has 1 heterocycles. The van der Waals surface area contributed by atoms with Gasteiger partial charge >= 0.3 is 0 Å². The maximum Gasteiger partial charge on any atom is 0.269 e. The molecule has 0 bridgehead atoms. The molecule has 0 unspecified atom stereocenters. The number of nitro groups is 1. The smallest absolute Gasteiger partial charge is 0.269 e. The maximum absolute atomic E-state index is 10.7. The molecule has 0 aliphatic carbocycles. The molecule has 2 aromatic carbocycles. The van der Waals surface area contributed by atoms with E-state index in [0.717, 1.165) is 30.0 Å². The van der Waals surface area contributed by atoms with E-state index in [1.54, 1.807) is 32.6 Å². The Bertz CT molecular complexity index is 865. The van der Waals surface area contributed by atoms with Gasteiger partial charge in [-0.3, -0.25) is 15.1 Å². The van der Waals surface area contributed by atoms with Crippen molar-refractivity contribution in [1.82, 2.24) is 5.32 Å². The van der Waals surface area contributed by atoms with E-state index in [1.807, 2.05) is 0 Å². The first-order valence-electron chi connectivity index (χ1n) is 9.26. The van der Waals surface area contributed by atoms with Gasteiger partial charge in [0.25, 0.3) is 5.69 Å². The van der Waals surface area contributed by atoms with Crippen molar-refractivity contribution in [2.45, 2.75) is 19.4 Å². The van der Waals surface area contributed by atoms with Crippen LogP contribution in [0.25, 0.3) is 0 Å². The first-order chi connectivity index (χ1) is 13.5. The van der Waals surface area contributed by atoms with Crippen LogP contribution in [0.3, 0.4) is 0 Å². The zero-order valence-corrected chi connectivity index (χ0v) is 16.3. The second kappa shape index (κ2) is 8.84. The number of hydrogen-bond donors (Lipinski definition) is 1. The van der Waals surface area contributed by atoms with E-state index in [0.29, 0.717) is 6.54 Å². The number of rotatable bonds is 7. The quantitative estimate of drug-likeness (QED) is 0.449. The number of benzene rings is 2. The number of hydrogen-bond acceptors (Lipinski definition) is 6. The zero-order chi connectivity index (χ0) is 20.1. The van der Waals surface area contributed by atoms with Gasteiger partial charge in [-0.1, -0.05) is 6.92 Å². The summed E-state index contributed by atoms with van der Waals surface area (Å²) in [6, 6.07) is 10.7. The summed E-state index contributed by atoms with van der Waals surface area (Å²) in [6.45, 7) is 3.71. The van der Waals surface area contributed by atoms with Crippen molar-refractivity contribution in [2.75, 3.05) is 27.3 Å². The highest BCUT2D eigenvalue weighted by Crippen LogP contribution is 2.37. The molecule has 3 rings (SSSR count). The largest absolute Gasteiger partial charge is 0.493 e. The molecule has 0 aromatic heterocycles. The Morgan fingerprint density at radius 2 is 1.93 bits per heavy atom. The van der Waals surface area contributed by atoms with Crippen LogP contribution in [0.5, 0.6) is 11.5 Å². The van der Waals surface area contributed by atoms with Crippen molar-refractivity contribution >= 4 is 11.9 Å². The van der Waals surface area contributed by atoms with E-state index in [2.05, 4.69) is 29.4 Å². The second-order valence-electron chi connectivity index (χ2n) is 6.91. The average Bonchev–Trinajstić information content (AvgIpc) is 2.72. The van der Waals surface area contributed by atoms with E-state index in [1.165, 1.54) is 23.3 Å². The lowest BCUT2D eigenvalue weighted by molar-refractivity contribution is -0.384. The summed E-state index contributed by atoms with van der Waals surface area (Å²) in [5.41, 5.74) is 3.42. The number of nitro benzene ring substituents is 1. The molecule has 7 heteroatoms. The van der Waals surface area contributed by atoms with E-state index in [4.69, 9.17) is 9.47 Å². The summed E-state index contributed by atoms with van der Waals surface area (Å²) in [5.74, 6) is 1.76. The summed E-state index contributed by atoms with van der Waals surface area (Å²) in [5, 5.41) is 14.3. The number of ether oxygens (including phenoxy) is 2. The van der Waals surface area contributed by atoms with Gasteiger partial charge in [-0.15, -0.1) is 0 Å². The fraction of sp³-hybridized carbons (Fsp3) is 0.381. The van der Waals surface area contributed by atoms with Gasteiger partial charge in [0, 0.05) is 30.9 Å². The lowest BCUT2D eigenvalue weighted by atomic mass is 9.86. The Balaban J connectivity index is 1.71. The molecular weight excluding hydrogens is 358 g/mol. The predicted molar refractivity (Wildman–Crippen MR) is 109 cm³/mol. The molecule has 28 heavy (non-hydrogen) atoms. The summed E-state index contributed by atoms with van der Waals surface area (Å²) in [4.78, 5) is 14.9. The molecule has 1 aliphatic heterocycles. The molecule has 148 valence electrons. The second-order valence-corrected chi connectivity index (χ2v) is 6.91. The third kappa shape index (κ3) is 4.31. The minimum Gasteiger partial charge on any atom is -0.493 e. The highest BCUT2D eigenvalue weighted by Gasteiger charge is 2.26. The number of aliphatic imine (C=N–C) groups is 1. The van der Waals surface area contributed by atoms with Crippen LogP contribution < -0.4 is 14.8 Å². The lowest BCUT2D eigenvalue weighted by Crippen LogP contribution is -2.35. The Morgan fingerprint density at radius 1 is 1.25 bits per heavy atom. The first kappa shape index (κ1) is 19.8. The molecule has 0 saturated heterocycles. The van der Waals surface area contributed by atoms with E-state index >= 15 is 0 Å². The van der Waals surface area contributed by atoms with Gasteiger partial charge in [-0.05, 0) is 59.8 Å². The van der Waals surface area contributed by atoms with E-state index in [-0.39, 0.29) is 17.6 Å². The van der Waals surface area contributed by atoms with Crippen LogP contribution in [0, 0.1) is 16.0 Å². The normalized spacial score (nSPS) is 17.2. The number of fused-ring (bicyclic) bond motifs is 1. The summed E-state index contributed by atoms with van der Waals surface area (Å²) in [7, 11) is 3.30. The summed E-state index contributed by atoms with van der Waals surface area (Å²) in [6.07, 6.45) is 2.71. The molecule has 0 radical (unpaired) electrons. The van der Waals surface area contributed by atoms with Gasteiger partial charge in [0.15, 0.2) is 11.5 Å².